The van der Waals surface area contributed by atoms with Crippen molar-refractivity contribution in [1.29, 1.82) is 5.26 Å². The van der Waals surface area contributed by atoms with Crippen LogP contribution in [0.15, 0.2) is 24.4 Å². The number of carbonyl (C=O) groups excluding carboxylic acids is 1. The molecule has 0 aliphatic carbocycles. The molecule has 0 aliphatic rings. The van der Waals surface area contributed by atoms with Crippen LogP contribution in [0.5, 0.6) is 5.88 Å². The summed E-state index contributed by atoms with van der Waals surface area (Å²) < 4.78 is 6.62. The van der Waals surface area contributed by atoms with E-state index < -0.39 is 0 Å². The average Bonchev–Trinajstić information content (AvgIpc) is 2.82. The molecule has 2 aromatic rings. The molecule has 6 nitrogen and oxygen atoms in total. The fraction of sp³-hybridized carbons (Fsp3) is 0.214. The van der Waals surface area contributed by atoms with Crippen LogP contribution >= 0.6 is 0 Å². The van der Waals surface area contributed by atoms with Crippen molar-refractivity contribution in [3.05, 3.63) is 41.3 Å². The van der Waals surface area contributed by atoms with Crippen LogP contribution in [-0.2, 0) is 7.05 Å². The summed E-state index contributed by atoms with van der Waals surface area (Å²) in [5.74, 6) is 0.204. The predicted octanol–water partition coefficient (Wildman–Crippen LogP) is 1.86. The second-order valence-electron chi connectivity index (χ2n) is 4.28. The normalized spacial score (nSPS) is 9.90. The highest BCUT2D eigenvalue weighted by Crippen LogP contribution is 2.18. The van der Waals surface area contributed by atoms with E-state index in [4.69, 9.17) is 10.00 Å². The lowest BCUT2D eigenvalue weighted by atomic mass is 10.3. The van der Waals surface area contributed by atoms with E-state index in [2.05, 4.69) is 10.3 Å². The molecule has 0 aliphatic heterocycles. The number of methoxy groups -OCH3 is 1. The van der Waals surface area contributed by atoms with Gasteiger partial charge in [0.25, 0.3) is 5.91 Å². The number of anilines is 1. The van der Waals surface area contributed by atoms with E-state index in [9.17, 15) is 4.79 Å². The Kier molecular flexibility index (Phi) is 3.71. The molecule has 2 rings (SSSR count). The number of pyridine rings is 1. The van der Waals surface area contributed by atoms with Crippen molar-refractivity contribution >= 4 is 11.6 Å². The largest absolute Gasteiger partial charge is 0.481 e. The average molecular weight is 270 g/mol. The summed E-state index contributed by atoms with van der Waals surface area (Å²) in [7, 11) is 3.25. The SMILES string of the molecule is COc1ccc(NC(=O)c2cc(C#N)cn2C)c(C)n1. The van der Waals surface area contributed by atoms with Crippen molar-refractivity contribution in [2.75, 3.05) is 12.4 Å². The molecule has 0 bridgehead atoms. The maximum absolute atomic E-state index is 12.2. The highest BCUT2D eigenvalue weighted by Gasteiger charge is 2.13. The van der Waals surface area contributed by atoms with Crippen LogP contribution in [0.25, 0.3) is 0 Å². The quantitative estimate of drug-likeness (QED) is 0.923. The van der Waals surface area contributed by atoms with E-state index in [0.29, 0.717) is 28.5 Å². The number of amides is 1. The fourth-order valence-electron chi connectivity index (χ4n) is 1.82. The zero-order valence-corrected chi connectivity index (χ0v) is 11.5. The van der Waals surface area contributed by atoms with Gasteiger partial charge >= 0.3 is 0 Å². The second-order valence-corrected chi connectivity index (χ2v) is 4.28. The summed E-state index contributed by atoms with van der Waals surface area (Å²) >= 11 is 0. The first-order valence-corrected chi connectivity index (χ1v) is 5.94. The maximum Gasteiger partial charge on any atom is 0.272 e. The smallest absolute Gasteiger partial charge is 0.272 e. The Balaban J connectivity index is 2.23. The van der Waals surface area contributed by atoms with Crippen molar-refractivity contribution in [1.82, 2.24) is 9.55 Å². The molecule has 2 heterocycles. The summed E-state index contributed by atoms with van der Waals surface area (Å²) in [6.45, 7) is 1.78. The maximum atomic E-state index is 12.2. The number of hydrogen-bond acceptors (Lipinski definition) is 4. The van der Waals surface area contributed by atoms with Crippen LogP contribution in [0.1, 0.15) is 21.7 Å². The van der Waals surface area contributed by atoms with Crippen molar-refractivity contribution in [2.45, 2.75) is 6.92 Å². The van der Waals surface area contributed by atoms with Gasteiger partial charge in [0.05, 0.1) is 24.1 Å². The number of aromatic nitrogens is 2. The molecule has 6 heteroatoms. The van der Waals surface area contributed by atoms with Gasteiger partial charge in [0.2, 0.25) is 5.88 Å². The molecule has 0 spiro atoms. The molecule has 1 amide bonds. The summed E-state index contributed by atoms with van der Waals surface area (Å²) in [6, 6.07) is 6.95. The Labute approximate surface area is 116 Å². The van der Waals surface area contributed by atoms with Gasteiger partial charge in [-0.1, -0.05) is 0 Å². The number of hydrogen-bond donors (Lipinski definition) is 1. The molecular weight excluding hydrogens is 256 g/mol. The van der Waals surface area contributed by atoms with Crippen molar-refractivity contribution in [3.63, 3.8) is 0 Å². The summed E-state index contributed by atoms with van der Waals surface area (Å²) in [5.41, 5.74) is 2.13. The molecular formula is C14H14N4O2. The van der Waals surface area contributed by atoms with Gasteiger partial charge in [-0.2, -0.15) is 5.26 Å². The lowest BCUT2D eigenvalue weighted by molar-refractivity contribution is 0.101. The lowest BCUT2D eigenvalue weighted by Crippen LogP contribution is -2.16. The first-order chi connectivity index (χ1) is 9.55. The van der Waals surface area contributed by atoms with Crippen LogP contribution < -0.4 is 10.1 Å². The third-order valence-corrected chi connectivity index (χ3v) is 2.88. The predicted molar refractivity (Wildman–Crippen MR) is 73.6 cm³/mol. The van der Waals surface area contributed by atoms with Gasteiger partial charge in [0.15, 0.2) is 0 Å². The minimum Gasteiger partial charge on any atom is -0.481 e. The van der Waals surface area contributed by atoms with Crippen molar-refractivity contribution in [2.24, 2.45) is 7.05 Å². The van der Waals surface area contributed by atoms with Crippen LogP contribution in [0.2, 0.25) is 0 Å². The van der Waals surface area contributed by atoms with E-state index >= 15 is 0 Å². The van der Waals surface area contributed by atoms with Gasteiger partial charge in [-0.15, -0.1) is 0 Å². The van der Waals surface area contributed by atoms with Crippen molar-refractivity contribution < 1.29 is 9.53 Å². The molecule has 20 heavy (non-hydrogen) atoms. The van der Waals surface area contributed by atoms with E-state index in [-0.39, 0.29) is 5.91 Å². The minimum atomic E-state index is -0.288. The Morgan fingerprint density at radius 3 is 2.80 bits per heavy atom. The van der Waals surface area contributed by atoms with Gasteiger partial charge in [0, 0.05) is 19.3 Å². The van der Waals surface area contributed by atoms with Gasteiger partial charge in [0.1, 0.15) is 11.8 Å². The van der Waals surface area contributed by atoms with Gasteiger partial charge in [-0.25, -0.2) is 4.98 Å². The van der Waals surface area contributed by atoms with E-state index in [1.54, 1.807) is 42.9 Å². The van der Waals surface area contributed by atoms with E-state index in [1.807, 2.05) is 6.07 Å². The van der Waals surface area contributed by atoms with Crippen LogP contribution in [-0.4, -0.2) is 22.6 Å². The van der Waals surface area contributed by atoms with E-state index in [1.165, 1.54) is 7.11 Å². The molecule has 0 aromatic carbocycles. The van der Waals surface area contributed by atoms with Crippen LogP contribution in [0.4, 0.5) is 5.69 Å². The Hall–Kier alpha value is -2.81. The number of nitrogens with zero attached hydrogens (tertiary/aromatic N) is 3. The van der Waals surface area contributed by atoms with E-state index in [0.717, 1.165) is 0 Å². The fourth-order valence-corrected chi connectivity index (χ4v) is 1.82. The highest BCUT2D eigenvalue weighted by molar-refractivity contribution is 6.03. The number of nitrogens with one attached hydrogen (secondary N) is 1. The topological polar surface area (TPSA) is 79.9 Å². The first kappa shape index (κ1) is 13.6. The lowest BCUT2D eigenvalue weighted by Gasteiger charge is -2.09. The molecule has 102 valence electrons. The van der Waals surface area contributed by atoms with Gasteiger partial charge < -0.3 is 14.6 Å². The van der Waals surface area contributed by atoms with Crippen molar-refractivity contribution in [3.8, 4) is 11.9 Å². The summed E-state index contributed by atoms with van der Waals surface area (Å²) in [6.07, 6.45) is 1.61. The van der Waals surface area contributed by atoms with Crippen LogP contribution in [0.3, 0.4) is 0 Å². The number of rotatable bonds is 3. The summed E-state index contributed by atoms with van der Waals surface area (Å²) in [4.78, 5) is 16.4. The van der Waals surface area contributed by atoms with Crippen LogP contribution in [0, 0.1) is 18.3 Å². The molecule has 0 unspecified atom stereocenters. The molecule has 0 atom stereocenters. The molecule has 0 fully saturated rings. The van der Waals surface area contributed by atoms with Gasteiger partial charge in [-0.3, -0.25) is 4.79 Å². The molecule has 1 N–H and O–H groups in total. The highest BCUT2D eigenvalue weighted by atomic mass is 16.5. The Morgan fingerprint density at radius 2 is 2.25 bits per heavy atom. The Morgan fingerprint density at radius 1 is 1.50 bits per heavy atom. The first-order valence-electron chi connectivity index (χ1n) is 5.94. The Bertz CT molecular complexity index is 698. The zero-order chi connectivity index (χ0) is 14.7. The third kappa shape index (κ3) is 2.62. The third-order valence-electron chi connectivity index (χ3n) is 2.88. The molecule has 0 saturated heterocycles. The monoisotopic (exact) mass is 270 g/mol. The number of ether oxygens (including phenoxy) is 1. The zero-order valence-electron chi connectivity index (χ0n) is 11.5. The minimum absolute atomic E-state index is 0.288. The van der Waals surface area contributed by atoms with Gasteiger partial charge in [-0.05, 0) is 19.1 Å². The summed E-state index contributed by atoms with van der Waals surface area (Å²) in [5, 5.41) is 11.6. The standard InChI is InChI=1S/C14H14N4O2/c1-9-11(4-5-13(16-9)20-3)17-14(19)12-6-10(7-15)8-18(12)2/h4-6,8H,1-3H3,(H,17,19). The number of carbonyl (C=O) groups is 1. The number of nitriles is 1. The molecule has 0 saturated carbocycles. The second kappa shape index (κ2) is 5.45. The molecule has 0 radical (unpaired) electrons. The molecule has 2 aromatic heterocycles. The number of aryl methyl sites for hydroxylation is 2.